The first-order chi connectivity index (χ1) is 6.24. The minimum Gasteiger partial charge on any atom is -0.399 e. The second-order valence-electron chi connectivity index (χ2n) is 2.48. The van der Waals surface area contributed by atoms with Crippen LogP contribution in [0.25, 0.3) is 0 Å². The van der Waals surface area contributed by atoms with E-state index in [1.165, 1.54) is 6.07 Å². The monoisotopic (exact) mass is 241 g/mol. The van der Waals surface area contributed by atoms with E-state index < -0.39 is 0 Å². The topological polar surface area (TPSA) is 26.0 Å². The first kappa shape index (κ1) is 10.1. The number of anilines is 1. The molecule has 0 heterocycles. The molecule has 3 heteroatoms. The van der Waals surface area contributed by atoms with Gasteiger partial charge < -0.3 is 5.73 Å². The SMILES string of the molecule is Nc1ccc(C#CCCBr)c(F)c1. The van der Waals surface area contributed by atoms with Crippen molar-refractivity contribution in [3.8, 4) is 11.8 Å². The summed E-state index contributed by atoms with van der Waals surface area (Å²) in [5, 5.41) is 0.802. The molecule has 0 radical (unpaired) electrons. The van der Waals surface area contributed by atoms with Crippen LogP contribution in [0.1, 0.15) is 12.0 Å². The van der Waals surface area contributed by atoms with Crippen LogP contribution >= 0.6 is 15.9 Å². The molecule has 0 aliphatic heterocycles. The number of hydrogen-bond acceptors (Lipinski definition) is 1. The number of nitrogens with two attached hydrogens (primary N) is 1. The Balaban J connectivity index is 2.85. The highest BCUT2D eigenvalue weighted by Gasteiger charge is 1.97. The first-order valence-corrected chi connectivity index (χ1v) is 4.96. The lowest BCUT2D eigenvalue weighted by Crippen LogP contribution is -1.88. The Bertz CT molecular complexity index is 352. The van der Waals surface area contributed by atoms with Crippen molar-refractivity contribution in [2.75, 3.05) is 11.1 Å². The summed E-state index contributed by atoms with van der Waals surface area (Å²) in [6.07, 6.45) is 0.712. The van der Waals surface area contributed by atoms with Crippen molar-refractivity contribution in [1.82, 2.24) is 0 Å². The Morgan fingerprint density at radius 1 is 1.46 bits per heavy atom. The zero-order valence-electron chi connectivity index (χ0n) is 6.98. The van der Waals surface area contributed by atoms with E-state index in [0.717, 1.165) is 5.33 Å². The predicted octanol–water partition coefficient (Wildman–Crippen LogP) is 2.54. The summed E-state index contributed by atoms with van der Waals surface area (Å²) < 4.78 is 13.1. The van der Waals surface area contributed by atoms with Gasteiger partial charge in [0.05, 0.1) is 5.56 Å². The molecule has 0 amide bonds. The first-order valence-electron chi connectivity index (χ1n) is 3.84. The number of rotatable bonds is 1. The molecule has 0 aromatic heterocycles. The highest BCUT2D eigenvalue weighted by molar-refractivity contribution is 9.09. The Morgan fingerprint density at radius 3 is 2.85 bits per heavy atom. The van der Waals surface area contributed by atoms with Gasteiger partial charge in [-0.15, -0.1) is 0 Å². The number of hydrogen-bond donors (Lipinski definition) is 1. The van der Waals surface area contributed by atoms with Gasteiger partial charge in [0.15, 0.2) is 0 Å². The maximum atomic E-state index is 13.1. The van der Waals surface area contributed by atoms with Gasteiger partial charge in [0.2, 0.25) is 0 Å². The van der Waals surface area contributed by atoms with Crippen LogP contribution in [0.5, 0.6) is 0 Å². The van der Waals surface area contributed by atoms with E-state index in [1.807, 2.05) is 0 Å². The summed E-state index contributed by atoms with van der Waals surface area (Å²) in [5.74, 6) is 5.21. The third-order valence-corrected chi connectivity index (χ3v) is 1.83. The second kappa shape index (κ2) is 4.88. The number of benzene rings is 1. The largest absolute Gasteiger partial charge is 0.399 e. The molecule has 0 aliphatic carbocycles. The van der Waals surface area contributed by atoms with Crippen LogP contribution in [0.3, 0.4) is 0 Å². The van der Waals surface area contributed by atoms with Gasteiger partial charge in [-0.25, -0.2) is 4.39 Å². The maximum absolute atomic E-state index is 13.1. The molecule has 0 spiro atoms. The molecule has 2 N–H and O–H groups in total. The fourth-order valence-corrected chi connectivity index (χ4v) is 1.04. The summed E-state index contributed by atoms with van der Waals surface area (Å²) in [6, 6.07) is 4.51. The van der Waals surface area contributed by atoms with Gasteiger partial charge in [-0.1, -0.05) is 27.8 Å². The summed E-state index contributed by atoms with van der Waals surface area (Å²) in [7, 11) is 0. The Kier molecular flexibility index (Phi) is 3.78. The Labute approximate surface area is 85.3 Å². The molecule has 1 rings (SSSR count). The molecule has 68 valence electrons. The predicted molar refractivity (Wildman–Crippen MR) is 56.1 cm³/mol. The summed E-state index contributed by atoms with van der Waals surface area (Å²) >= 11 is 3.24. The molecule has 0 saturated carbocycles. The summed E-state index contributed by atoms with van der Waals surface area (Å²) in [6.45, 7) is 0. The van der Waals surface area contributed by atoms with Gasteiger partial charge in [0.25, 0.3) is 0 Å². The van der Waals surface area contributed by atoms with E-state index in [0.29, 0.717) is 17.7 Å². The third kappa shape index (κ3) is 3.08. The average molecular weight is 242 g/mol. The lowest BCUT2D eigenvalue weighted by molar-refractivity contribution is 0.625. The molecule has 1 nitrogen and oxygen atoms in total. The lowest BCUT2D eigenvalue weighted by atomic mass is 10.2. The third-order valence-electron chi connectivity index (χ3n) is 1.44. The van der Waals surface area contributed by atoms with Gasteiger partial charge in [-0.3, -0.25) is 0 Å². The zero-order chi connectivity index (χ0) is 9.68. The van der Waals surface area contributed by atoms with Crippen LogP contribution in [-0.2, 0) is 0 Å². The minimum absolute atomic E-state index is 0.359. The molecule has 1 aromatic rings. The standard InChI is InChI=1S/C10H9BrFN/c11-6-2-1-3-8-4-5-9(13)7-10(8)12/h4-5,7H,2,6,13H2. The molecule has 0 aliphatic rings. The second-order valence-corrected chi connectivity index (χ2v) is 3.27. The van der Waals surface area contributed by atoms with Crippen LogP contribution in [-0.4, -0.2) is 5.33 Å². The van der Waals surface area contributed by atoms with Crippen molar-refractivity contribution < 1.29 is 4.39 Å². The van der Waals surface area contributed by atoms with Crippen LogP contribution < -0.4 is 5.73 Å². The highest BCUT2D eigenvalue weighted by atomic mass is 79.9. The Morgan fingerprint density at radius 2 is 2.23 bits per heavy atom. The molecule has 1 aromatic carbocycles. The molecule has 0 fully saturated rings. The molecule has 0 saturated heterocycles. The molecule has 0 unspecified atom stereocenters. The molecule has 0 bridgehead atoms. The minimum atomic E-state index is -0.359. The van der Waals surface area contributed by atoms with Gasteiger partial charge >= 0.3 is 0 Å². The van der Waals surface area contributed by atoms with E-state index in [2.05, 4.69) is 27.8 Å². The van der Waals surface area contributed by atoms with Crippen LogP contribution in [0.2, 0.25) is 0 Å². The quantitative estimate of drug-likeness (QED) is 0.457. The van der Waals surface area contributed by atoms with Crippen molar-refractivity contribution in [3.63, 3.8) is 0 Å². The van der Waals surface area contributed by atoms with Crippen LogP contribution in [0.4, 0.5) is 10.1 Å². The zero-order valence-corrected chi connectivity index (χ0v) is 8.57. The van der Waals surface area contributed by atoms with Gasteiger partial charge in [0, 0.05) is 17.4 Å². The molecular formula is C10H9BrFN. The van der Waals surface area contributed by atoms with E-state index in [9.17, 15) is 4.39 Å². The van der Waals surface area contributed by atoms with Crippen molar-refractivity contribution in [2.24, 2.45) is 0 Å². The van der Waals surface area contributed by atoms with Crippen molar-refractivity contribution in [1.29, 1.82) is 0 Å². The van der Waals surface area contributed by atoms with Crippen molar-refractivity contribution >= 4 is 21.6 Å². The number of alkyl halides is 1. The van der Waals surface area contributed by atoms with Gasteiger partial charge in [0.1, 0.15) is 5.82 Å². The molecule has 0 atom stereocenters. The van der Waals surface area contributed by atoms with Crippen LogP contribution in [0, 0.1) is 17.7 Å². The Hall–Kier alpha value is -1.01. The summed E-state index contributed by atoms with van der Waals surface area (Å²) in [4.78, 5) is 0. The van der Waals surface area contributed by atoms with Crippen molar-refractivity contribution in [3.05, 3.63) is 29.6 Å². The fourth-order valence-electron chi connectivity index (χ4n) is 0.838. The van der Waals surface area contributed by atoms with E-state index in [-0.39, 0.29) is 5.82 Å². The number of nitrogen functional groups attached to an aromatic ring is 1. The van der Waals surface area contributed by atoms with E-state index in [4.69, 9.17) is 5.73 Å². The van der Waals surface area contributed by atoms with Crippen molar-refractivity contribution in [2.45, 2.75) is 6.42 Å². The fraction of sp³-hybridized carbons (Fsp3) is 0.200. The lowest BCUT2D eigenvalue weighted by Gasteiger charge is -1.95. The molecule has 13 heavy (non-hydrogen) atoms. The van der Waals surface area contributed by atoms with Gasteiger partial charge in [-0.05, 0) is 18.2 Å². The maximum Gasteiger partial charge on any atom is 0.140 e. The smallest absolute Gasteiger partial charge is 0.140 e. The van der Waals surface area contributed by atoms with Gasteiger partial charge in [-0.2, -0.15) is 0 Å². The average Bonchev–Trinajstić information content (AvgIpc) is 2.09. The van der Waals surface area contributed by atoms with E-state index in [1.54, 1.807) is 12.1 Å². The highest BCUT2D eigenvalue weighted by Crippen LogP contribution is 2.10. The van der Waals surface area contributed by atoms with Crippen LogP contribution in [0.15, 0.2) is 18.2 Å². The normalized spacial score (nSPS) is 9.08. The summed E-state index contributed by atoms with van der Waals surface area (Å²) in [5.41, 5.74) is 6.20. The number of halogens is 2. The molecular weight excluding hydrogens is 233 g/mol. The van der Waals surface area contributed by atoms with E-state index >= 15 is 0 Å².